The van der Waals surface area contributed by atoms with Crippen molar-refractivity contribution in [3.63, 3.8) is 0 Å². The Hall–Kier alpha value is -1.75. The summed E-state index contributed by atoms with van der Waals surface area (Å²) in [6.07, 6.45) is 0.994. The smallest absolute Gasteiger partial charge is 0.170 e. The van der Waals surface area contributed by atoms with Crippen molar-refractivity contribution in [2.24, 2.45) is 5.73 Å². The summed E-state index contributed by atoms with van der Waals surface area (Å²) in [6, 6.07) is 8.11. The minimum Gasteiger partial charge on any atom is -0.324 e. The van der Waals surface area contributed by atoms with Crippen LogP contribution in [0.2, 0.25) is 0 Å². The van der Waals surface area contributed by atoms with Crippen LogP contribution >= 0.6 is 0 Å². The molecule has 15 heavy (non-hydrogen) atoms. The monoisotopic (exact) mass is 203 g/mol. The Balaban J connectivity index is 2.44. The number of aromatic nitrogens is 4. The number of hydrogen-bond donors (Lipinski definition) is 1. The molecule has 5 nitrogen and oxygen atoms in total. The predicted octanol–water partition coefficient (Wildman–Crippen LogP) is 0.683. The third-order valence-electron chi connectivity index (χ3n) is 2.28. The molecule has 0 saturated heterocycles. The Bertz CT molecular complexity index is 449. The van der Waals surface area contributed by atoms with E-state index in [1.54, 1.807) is 4.68 Å². The molecule has 2 rings (SSSR count). The van der Waals surface area contributed by atoms with Crippen molar-refractivity contribution in [1.82, 2.24) is 20.2 Å². The summed E-state index contributed by atoms with van der Waals surface area (Å²) >= 11 is 0. The van der Waals surface area contributed by atoms with Crippen molar-refractivity contribution in [3.05, 3.63) is 35.7 Å². The van der Waals surface area contributed by atoms with E-state index in [0.717, 1.165) is 12.1 Å². The average molecular weight is 203 g/mol. The average Bonchev–Trinajstić information content (AvgIpc) is 2.77. The zero-order valence-electron chi connectivity index (χ0n) is 8.59. The molecule has 0 fully saturated rings. The second kappa shape index (κ2) is 4.18. The van der Waals surface area contributed by atoms with E-state index in [0.29, 0.717) is 12.4 Å². The van der Waals surface area contributed by atoms with Gasteiger partial charge in [-0.1, -0.05) is 19.1 Å². The zero-order valence-corrected chi connectivity index (χ0v) is 8.59. The maximum atomic E-state index is 5.54. The lowest BCUT2D eigenvalue weighted by Gasteiger charge is -2.04. The first kappa shape index (κ1) is 9.79. The van der Waals surface area contributed by atoms with Crippen LogP contribution < -0.4 is 5.73 Å². The van der Waals surface area contributed by atoms with Gasteiger partial charge in [0.05, 0.1) is 12.2 Å². The molecule has 2 N–H and O–H groups in total. The minimum absolute atomic E-state index is 0.337. The Morgan fingerprint density at radius 3 is 3.00 bits per heavy atom. The summed E-state index contributed by atoms with van der Waals surface area (Å²) in [5, 5.41) is 11.4. The zero-order chi connectivity index (χ0) is 10.7. The van der Waals surface area contributed by atoms with Crippen molar-refractivity contribution < 1.29 is 0 Å². The maximum absolute atomic E-state index is 5.54. The SMILES string of the molecule is CCc1cccc(-n2nnnc2CN)c1. The third kappa shape index (κ3) is 1.87. The summed E-state index contributed by atoms with van der Waals surface area (Å²) in [7, 11) is 0. The number of hydrogen-bond acceptors (Lipinski definition) is 4. The molecule has 5 heteroatoms. The van der Waals surface area contributed by atoms with Gasteiger partial charge in [-0.3, -0.25) is 0 Å². The van der Waals surface area contributed by atoms with Gasteiger partial charge in [-0.15, -0.1) is 5.10 Å². The molecule has 0 bridgehead atoms. The molecule has 0 aliphatic carbocycles. The number of benzene rings is 1. The van der Waals surface area contributed by atoms with E-state index in [1.165, 1.54) is 5.56 Å². The molecular formula is C10H13N5. The normalized spacial score (nSPS) is 10.5. The van der Waals surface area contributed by atoms with Gasteiger partial charge in [0.1, 0.15) is 0 Å². The summed E-state index contributed by atoms with van der Waals surface area (Å²) in [4.78, 5) is 0. The van der Waals surface area contributed by atoms with Crippen LogP contribution in [0, 0.1) is 0 Å². The highest BCUT2D eigenvalue weighted by atomic mass is 15.5. The molecule has 0 spiro atoms. The van der Waals surface area contributed by atoms with Gasteiger partial charge < -0.3 is 5.73 Å². The van der Waals surface area contributed by atoms with Crippen molar-refractivity contribution >= 4 is 0 Å². The molecule has 2 aromatic rings. The second-order valence-electron chi connectivity index (χ2n) is 3.23. The Kier molecular flexibility index (Phi) is 2.73. The lowest BCUT2D eigenvalue weighted by atomic mass is 10.1. The maximum Gasteiger partial charge on any atom is 0.170 e. The molecule has 1 heterocycles. The van der Waals surface area contributed by atoms with Crippen molar-refractivity contribution in [2.75, 3.05) is 0 Å². The van der Waals surface area contributed by atoms with Crippen LogP contribution in [-0.4, -0.2) is 20.2 Å². The second-order valence-corrected chi connectivity index (χ2v) is 3.23. The highest BCUT2D eigenvalue weighted by Gasteiger charge is 2.05. The van der Waals surface area contributed by atoms with E-state index in [1.807, 2.05) is 12.1 Å². The molecule has 1 aromatic carbocycles. The molecule has 0 radical (unpaired) electrons. The van der Waals surface area contributed by atoms with E-state index in [-0.39, 0.29) is 0 Å². The summed E-state index contributed by atoms with van der Waals surface area (Å²) in [5.41, 5.74) is 7.75. The topological polar surface area (TPSA) is 69.6 Å². The van der Waals surface area contributed by atoms with Gasteiger partial charge >= 0.3 is 0 Å². The molecule has 0 saturated carbocycles. The van der Waals surface area contributed by atoms with Gasteiger partial charge in [0.25, 0.3) is 0 Å². The number of nitrogens with zero attached hydrogens (tertiary/aromatic N) is 4. The summed E-state index contributed by atoms with van der Waals surface area (Å²) < 4.78 is 1.67. The number of rotatable bonds is 3. The van der Waals surface area contributed by atoms with Crippen LogP contribution in [0.15, 0.2) is 24.3 Å². The lowest BCUT2D eigenvalue weighted by Crippen LogP contribution is -2.08. The predicted molar refractivity (Wildman–Crippen MR) is 56.4 cm³/mol. The van der Waals surface area contributed by atoms with E-state index in [2.05, 4.69) is 34.6 Å². The van der Waals surface area contributed by atoms with E-state index >= 15 is 0 Å². The van der Waals surface area contributed by atoms with Gasteiger partial charge in [0.15, 0.2) is 5.82 Å². The fourth-order valence-corrected chi connectivity index (χ4v) is 1.44. The standard InChI is InChI=1S/C10H13N5/c1-2-8-4-3-5-9(6-8)15-10(7-11)12-13-14-15/h3-6H,2,7,11H2,1H3. The van der Waals surface area contributed by atoms with Crippen LogP contribution in [-0.2, 0) is 13.0 Å². The van der Waals surface area contributed by atoms with Gasteiger partial charge in [-0.05, 0) is 34.5 Å². The minimum atomic E-state index is 0.337. The first-order valence-corrected chi connectivity index (χ1v) is 4.91. The largest absolute Gasteiger partial charge is 0.324 e. The number of aryl methyl sites for hydroxylation is 1. The van der Waals surface area contributed by atoms with Crippen molar-refractivity contribution in [2.45, 2.75) is 19.9 Å². The molecule has 0 amide bonds. The molecular weight excluding hydrogens is 190 g/mol. The number of tetrazole rings is 1. The van der Waals surface area contributed by atoms with Crippen LogP contribution in [0.25, 0.3) is 5.69 Å². The van der Waals surface area contributed by atoms with Crippen LogP contribution in [0.1, 0.15) is 18.3 Å². The van der Waals surface area contributed by atoms with Gasteiger partial charge in [0, 0.05) is 0 Å². The molecule has 0 aliphatic rings. The Labute approximate surface area is 87.9 Å². The molecule has 0 unspecified atom stereocenters. The van der Waals surface area contributed by atoms with Gasteiger partial charge in [-0.25, -0.2) is 0 Å². The summed E-state index contributed by atoms with van der Waals surface area (Å²) in [6.45, 7) is 2.45. The number of nitrogens with two attached hydrogens (primary N) is 1. The first-order chi connectivity index (χ1) is 7.35. The Morgan fingerprint density at radius 1 is 1.40 bits per heavy atom. The van der Waals surface area contributed by atoms with Crippen molar-refractivity contribution in [1.29, 1.82) is 0 Å². The lowest BCUT2D eigenvalue weighted by molar-refractivity contribution is 0.760. The quantitative estimate of drug-likeness (QED) is 0.796. The summed E-state index contributed by atoms with van der Waals surface area (Å²) in [5.74, 6) is 0.670. The van der Waals surface area contributed by atoms with Gasteiger partial charge in [-0.2, -0.15) is 4.68 Å². The Morgan fingerprint density at radius 2 is 2.27 bits per heavy atom. The van der Waals surface area contributed by atoms with E-state index < -0.39 is 0 Å². The third-order valence-corrected chi connectivity index (χ3v) is 2.28. The fourth-order valence-electron chi connectivity index (χ4n) is 1.44. The highest BCUT2D eigenvalue weighted by Crippen LogP contribution is 2.10. The molecule has 0 atom stereocenters. The molecule has 1 aromatic heterocycles. The fraction of sp³-hybridized carbons (Fsp3) is 0.300. The van der Waals surface area contributed by atoms with Crippen LogP contribution in [0.3, 0.4) is 0 Å². The van der Waals surface area contributed by atoms with Crippen LogP contribution in [0.5, 0.6) is 0 Å². The van der Waals surface area contributed by atoms with E-state index in [4.69, 9.17) is 5.73 Å². The molecule has 78 valence electrons. The van der Waals surface area contributed by atoms with Gasteiger partial charge in [0.2, 0.25) is 0 Å². The van der Waals surface area contributed by atoms with Crippen LogP contribution in [0.4, 0.5) is 0 Å². The van der Waals surface area contributed by atoms with E-state index in [9.17, 15) is 0 Å². The highest BCUT2D eigenvalue weighted by molar-refractivity contribution is 5.35. The molecule has 0 aliphatic heterocycles. The first-order valence-electron chi connectivity index (χ1n) is 4.91. The van der Waals surface area contributed by atoms with Crippen molar-refractivity contribution in [3.8, 4) is 5.69 Å².